The van der Waals surface area contributed by atoms with Gasteiger partial charge < -0.3 is 9.47 Å². The van der Waals surface area contributed by atoms with Crippen molar-refractivity contribution < 1.29 is 0 Å². The maximum Gasteiger partial charge on any atom is 0.251 e. The standard InChI is InChI=1S/C24H23N5O/c30-23-8-4-7-20-17-12-18(22(29(20)23)11-16-5-2-1-3-6-16)15-28(14-17)21-9-10-25-24-19(21)13-26-27-24/h1-10,13,17-18,22H,11-12,14-15H2,(H,25,26,27)/t17-,18+,22+/m1/s1. The lowest BCUT2D eigenvalue weighted by molar-refractivity contribution is 0.211. The molecule has 30 heavy (non-hydrogen) atoms. The van der Waals surface area contributed by atoms with Gasteiger partial charge in [0.05, 0.1) is 17.3 Å². The fourth-order valence-electron chi connectivity index (χ4n) is 5.47. The van der Waals surface area contributed by atoms with Gasteiger partial charge in [0.15, 0.2) is 5.65 Å². The molecule has 0 unspecified atom stereocenters. The molecule has 0 spiro atoms. The maximum atomic E-state index is 12.9. The third-order valence-corrected chi connectivity index (χ3v) is 6.76. The Balaban J connectivity index is 1.44. The molecule has 5 heterocycles. The van der Waals surface area contributed by atoms with Gasteiger partial charge in [-0.2, -0.15) is 5.10 Å². The third kappa shape index (κ3) is 2.75. The van der Waals surface area contributed by atoms with Crippen LogP contribution in [-0.2, 0) is 6.42 Å². The fraction of sp³-hybridized carbons (Fsp3) is 0.292. The molecule has 0 saturated carbocycles. The van der Waals surface area contributed by atoms with Crippen molar-refractivity contribution >= 4 is 16.7 Å². The van der Waals surface area contributed by atoms with Crippen molar-refractivity contribution in [1.82, 2.24) is 19.7 Å². The van der Waals surface area contributed by atoms with Crippen LogP contribution in [0.1, 0.15) is 29.6 Å². The molecule has 1 N–H and O–H groups in total. The van der Waals surface area contributed by atoms with Crippen LogP contribution < -0.4 is 10.5 Å². The molecular weight excluding hydrogens is 374 g/mol. The van der Waals surface area contributed by atoms with Gasteiger partial charge in [0, 0.05) is 43.0 Å². The summed E-state index contributed by atoms with van der Waals surface area (Å²) in [6, 6.07) is 18.5. The number of aromatic amines is 1. The van der Waals surface area contributed by atoms with Gasteiger partial charge >= 0.3 is 0 Å². The molecular formula is C24H23N5O. The zero-order valence-electron chi connectivity index (χ0n) is 16.6. The Bertz CT molecular complexity index is 1260. The Morgan fingerprint density at radius 1 is 1.03 bits per heavy atom. The molecule has 1 fully saturated rings. The molecule has 6 heteroatoms. The number of piperidine rings is 1. The number of pyridine rings is 2. The van der Waals surface area contributed by atoms with Gasteiger partial charge in [0.2, 0.25) is 0 Å². The molecule has 6 rings (SSSR count). The van der Waals surface area contributed by atoms with Crippen molar-refractivity contribution in [3.05, 3.63) is 88.6 Å². The average molecular weight is 397 g/mol. The Hall–Kier alpha value is -3.41. The van der Waals surface area contributed by atoms with Crippen LogP contribution in [0.2, 0.25) is 0 Å². The fourth-order valence-corrected chi connectivity index (χ4v) is 5.47. The van der Waals surface area contributed by atoms with Crippen molar-refractivity contribution in [1.29, 1.82) is 0 Å². The van der Waals surface area contributed by atoms with E-state index in [2.05, 4.69) is 61.0 Å². The highest BCUT2D eigenvalue weighted by Gasteiger charge is 2.40. The molecule has 0 aliphatic carbocycles. The number of hydrogen-bond donors (Lipinski definition) is 1. The minimum Gasteiger partial charge on any atom is -0.370 e. The van der Waals surface area contributed by atoms with Crippen LogP contribution in [0.3, 0.4) is 0 Å². The minimum absolute atomic E-state index is 0.123. The Morgan fingerprint density at radius 2 is 1.93 bits per heavy atom. The summed E-state index contributed by atoms with van der Waals surface area (Å²) in [6.45, 7) is 1.83. The topological polar surface area (TPSA) is 66.8 Å². The molecule has 1 aromatic carbocycles. The second-order valence-corrected chi connectivity index (χ2v) is 8.48. The summed E-state index contributed by atoms with van der Waals surface area (Å²) in [6.07, 6.45) is 5.71. The van der Waals surface area contributed by atoms with Crippen LogP contribution in [0.5, 0.6) is 0 Å². The van der Waals surface area contributed by atoms with E-state index in [4.69, 9.17) is 0 Å². The van der Waals surface area contributed by atoms with Crippen molar-refractivity contribution in [3.63, 3.8) is 0 Å². The van der Waals surface area contributed by atoms with Crippen LogP contribution in [-0.4, -0.2) is 32.8 Å². The largest absolute Gasteiger partial charge is 0.370 e. The van der Waals surface area contributed by atoms with E-state index in [9.17, 15) is 4.79 Å². The van der Waals surface area contributed by atoms with Crippen molar-refractivity contribution in [2.45, 2.75) is 24.8 Å². The highest BCUT2D eigenvalue weighted by molar-refractivity contribution is 5.88. The Kier molecular flexibility index (Phi) is 3.97. The quantitative estimate of drug-likeness (QED) is 0.574. The van der Waals surface area contributed by atoms with Crippen LogP contribution in [0.25, 0.3) is 11.0 Å². The predicted octanol–water partition coefficient (Wildman–Crippen LogP) is 3.53. The summed E-state index contributed by atoms with van der Waals surface area (Å²) in [7, 11) is 0. The van der Waals surface area contributed by atoms with Crippen LogP contribution in [0.15, 0.2) is 71.8 Å². The van der Waals surface area contributed by atoms with Crippen LogP contribution >= 0.6 is 0 Å². The van der Waals surface area contributed by atoms with E-state index in [0.29, 0.717) is 11.8 Å². The Labute approximate surface area is 174 Å². The summed E-state index contributed by atoms with van der Waals surface area (Å²) in [5.74, 6) is 0.756. The number of anilines is 1. The number of fused-ring (bicyclic) bond motifs is 5. The molecule has 1 saturated heterocycles. The number of H-pyrrole nitrogens is 1. The first-order valence-corrected chi connectivity index (χ1v) is 10.6. The van der Waals surface area contributed by atoms with E-state index in [1.165, 1.54) is 16.9 Å². The van der Waals surface area contributed by atoms with Crippen molar-refractivity contribution in [2.24, 2.45) is 5.92 Å². The summed E-state index contributed by atoms with van der Waals surface area (Å²) in [5.41, 5.74) is 4.56. The molecule has 2 aliphatic heterocycles. The summed E-state index contributed by atoms with van der Waals surface area (Å²) >= 11 is 0. The summed E-state index contributed by atoms with van der Waals surface area (Å²) in [4.78, 5) is 19.8. The highest BCUT2D eigenvalue weighted by Crippen LogP contribution is 2.44. The molecule has 2 bridgehead atoms. The molecule has 3 atom stereocenters. The first-order chi connectivity index (χ1) is 14.8. The number of nitrogens with one attached hydrogen (secondary N) is 1. The van der Waals surface area contributed by atoms with Gasteiger partial charge in [-0.3, -0.25) is 9.89 Å². The molecule has 0 radical (unpaired) electrons. The van der Waals surface area contributed by atoms with Crippen molar-refractivity contribution in [3.8, 4) is 0 Å². The SMILES string of the molecule is O=c1cccc2n1[C@@H](Cc1ccccc1)[C@H]1C[C@@H]2CN(c2ccnc3[nH]ncc23)C1. The lowest BCUT2D eigenvalue weighted by Gasteiger charge is -2.48. The van der Waals surface area contributed by atoms with E-state index >= 15 is 0 Å². The highest BCUT2D eigenvalue weighted by atomic mass is 16.1. The second-order valence-electron chi connectivity index (χ2n) is 8.48. The van der Waals surface area contributed by atoms with E-state index in [1.807, 2.05) is 24.5 Å². The van der Waals surface area contributed by atoms with Gasteiger partial charge in [0.1, 0.15) is 0 Å². The molecule has 4 aromatic rings. The van der Waals surface area contributed by atoms with E-state index in [-0.39, 0.29) is 11.6 Å². The number of aromatic nitrogens is 4. The molecule has 6 nitrogen and oxygen atoms in total. The minimum atomic E-state index is 0.123. The third-order valence-electron chi connectivity index (χ3n) is 6.76. The normalized spacial score (nSPS) is 22.8. The second kappa shape index (κ2) is 6.83. The molecule has 2 aliphatic rings. The Morgan fingerprint density at radius 3 is 2.83 bits per heavy atom. The zero-order valence-corrected chi connectivity index (χ0v) is 16.6. The van der Waals surface area contributed by atoms with E-state index in [0.717, 1.165) is 37.0 Å². The first kappa shape index (κ1) is 17.4. The summed E-state index contributed by atoms with van der Waals surface area (Å²) in [5, 5.41) is 8.23. The smallest absolute Gasteiger partial charge is 0.251 e. The lowest BCUT2D eigenvalue weighted by atomic mass is 9.76. The average Bonchev–Trinajstić information content (AvgIpc) is 3.26. The van der Waals surface area contributed by atoms with Gasteiger partial charge in [-0.15, -0.1) is 0 Å². The molecule has 150 valence electrons. The van der Waals surface area contributed by atoms with Gasteiger partial charge in [-0.25, -0.2) is 4.98 Å². The van der Waals surface area contributed by atoms with Crippen LogP contribution in [0, 0.1) is 5.92 Å². The van der Waals surface area contributed by atoms with Gasteiger partial charge in [-0.05, 0) is 36.5 Å². The van der Waals surface area contributed by atoms with E-state index < -0.39 is 0 Å². The number of benzene rings is 1. The lowest BCUT2D eigenvalue weighted by Crippen LogP contribution is -2.50. The predicted molar refractivity (Wildman–Crippen MR) is 117 cm³/mol. The molecule has 3 aromatic heterocycles. The monoisotopic (exact) mass is 397 g/mol. The number of hydrogen-bond acceptors (Lipinski definition) is 4. The summed E-state index contributed by atoms with van der Waals surface area (Å²) < 4.78 is 2.09. The first-order valence-electron chi connectivity index (χ1n) is 10.6. The number of rotatable bonds is 3. The number of nitrogens with zero attached hydrogens (tertiary/aromatic N) is 4. The zero-order chi connectivity index (χ0) is 20.1. The van der Waals surface area contributed by atoms with E-state index in [1.54, 1.807) is 6.07 Å². The van der Waals surface area contributed by atoms with Crippen molar-refractivity contribution in [2.75, 3.05) is 18.0 Å². The van der Waals surface area contributed by atoms with Crippen LogP contribution in [0.4, 0.5) is 5.69 Å². The molecule has 0 amide bonds. The maximum absolute atomic E-state index is 12.9. The van der Waals surface area contributed by atoms with Gasteiger partial charge in [-0.1, -0.05) is 36.4 Å². The van der Waals surface area contributed by atoms with Gasteiger partial charge in [0.25, 0.3) is 5.56 Å².